The van der Waals surface area contributed by atoms with E-state index in [1.807, 2.05) is 19.2 Å². The maximum Gasteiger partial charge on any atom is 0.0574 e. The summed E-state index contributed by atoms with van der Waals surface area (Å²) in [6.45, 7) is 3.74. The van der Waals surface area contributed by atoms with E-state index in [1.54, 1.807) is 0 Å². The Bertz CT molecular complexity index is 329. The van der Waals surface area contributed by atoms with Crippen LogP contribution in [-0.2, 0) is 0 Å². The Labute approximate surface area is 96.1 Å². The number of nitrogens with two attached hydrogens (primary N) is 1. The van der Waals surface area contributed by atoms with Gasteiger partial charge in [0.25, 0.3) is 0 Å². The number of rotatable bonds is 2. The zero-order valence-corrected chi connectivity index (χ0v) is 9.63. The van der Waals surface area contributed by atoms with Gasteiger partial charge in [0.2, 0.25) is 0 Å². The molecule has 1 aliphatic heterocycles. The van der Waals surface area contributed by atoms with Gasteiger partial charge in [-0.25, -0.2) is 0 Å². The van der Waals surface area contributed by atoms with Crippen molar-refractivity contribution in [2.24, 2.45) is 5.73 Å². The van der Waals surface area contributed by atoms with Crippen molar-refractivity contribution in [1.29, 1.82) is 0 Å². The zero-order chi connectivity index (χ0) is 11.5. The summed E-state index contributed by atoms with van der Waals surface area (Å²) >= 11 is 0. The third kappa shape index (κ3) is 2.51. The lowest BCUT2D eigenvalue weighted by molar-refractivity contribution is 0.145. The molecule has 2 rings (SSSR count). The minimum atomic E-state index is -0.132. The molecule has 16 heavy (non-hydrogen) atoms. The monoisotopic (exact) mass is 221 g/mol. The van der Waals surface area contributed by atoms with Crippen molar-refractivity contribution >= 4 is 5.69 Å². The molecular weight excluding hydrogens is 202 g/mol. The van der Waals surface area contributed by atoms with Gasteiger partial charge in [-0.3, -0.25) is 4.98 Å². The molecule has 0 spiro atoms. The van der Waals surface area contributed by atoms with Crippen LogP contribution < -0.4 is 10.6 Å². The first-order chi connectivity index (χ1) is 7.66. The van der Waals surface area contributed by atoms with Gasteiger partial charge in [-0.15, -0.1) is 0 Å². The lowest BCUT2D eigenvalue weighted by atomic mass is 10.1. The Hall–Kier alpha value is -1.13. The first-order valence-corrected chi connectivity index (χ1v) is 5.81. The van der Waals surface area contributed by atoms with Crippen LogP contribution in [0.25, 0.3) is 0 Å². The smallest absolute Gasteiger partial charge is 0.0574 e. The van der Waals surface area contributed by atoms with Crippen LogP contribution >= 0.6 is 0 Å². The highest BCUT2D eigenvalue weighted by molar-refractivity contribution is 5.45. The molecule has 1 aromatic heterocycles. The van der Waals surface area contributed by atoms with Gasteiger partial charge in [-0.2, -0.15) is 0 Å². The van der Waals surface area contributed by atoms with Crippen LogP contribution in [-0.4, -0.2) is 29.3 Å². The predicted octanol–water partition coefficient (Wildman–Crippen LogP) is 1.06. The largest absolute Gasteiger partial charge is 0.393 e. The first kappa shape index (κ1) is 11.4. The van der Waals surface area contributed by atoms with Crippen molar-refractivity contribution in [2.45, 2.75) is 31.9 Å². The summed E-state index contributed by atoms with van der Waals surface area (Å²) in [4.78, 5) is 6.60. The van der Waals surface area contributed by atoms with Gasteiger partial charge in [-0.05, 0) is 31.9 Å². The highest BCUT2D eigenvalue weighted by atomic mass is 16.3. The second kappa shape index (κ2) is 4.80. The molecule has 1 aromatic rings. The summed E-state index contributed by atoms with van der Waals surface area (Å²) in [5.41, 5.74) is 7.79. The SMILES string of the molecule is C[C@@H](N)c1ccc(N2CCC(O)CC2)cn1. The summed E-state index contributed by atoms with van der Waals surface area (Å²) in [6, 6.07) is 4.02. The van der Waals surface area contributed by atoms with Gasteiger partial charge in [0, 0.05) is 19.1 Å². The van der Waals surface area contributed by atoms with E-state index in [2.05, 4.69) is 16.0 Å². The number of nitrogens with zero attached hydrogens (tertiary/aromatic N) is 2. The lowest BCUT2D eigenvalue weighted by Crippen LogP contribution is -2.35. The number of aliphatic hydroxyl groups is 1. The number of piperidine rings is 1. The summed E-state index contributed by atoms with van der Waals surface area (Å²) in [5, 5.41) is 9.43. The second-order valence-electron chi connectivity index (χ2n) is 4.45. The molecule has 3 N–H and O–H groups in total. The van der Waals surface area contributed by atoms with E-state index in [4.69, 9.17) is 5.73 Å². The maximum atomic E-state index is 9.43. The molecule has 0 aliphatic carbocycles. The predicted molar refractivity (Wildman–Crippen MR) is 64.3 cm³/mol. The van der Waals surface area contributed by atoms with E-state index < -0.39 is 0 Å². The fourth-order valence-electron chi connectivity index (χ4n) is 1.98. The van der Waals surface area contributed by atoms with Crippen molar-refractivity contribution in [3.63, 3.8) is 0 Å². The van der Waals surface area contributed by atoms with Crippen LogP contribution in [0.3, 0.4) is 0 Å². The van der Waals surface area contributed by atoms with Gasteiger partial charge in [0.15, 0.2) is 0 Å². The van der Waals surface area contributed by atoms with Crippen LogP contribution in [0.1, 0.15) is 31.5 Å². The third-order valence-corrected chi connectivity index (χ3v) is 3.07. The van der Waals surface area contributed by atoms with Gasteiger partial charge >= 0.3 is 0 Å². The minimum absolute atomic E-state index is 0.0165. The highest BCUT2D eigenvalue weighted by Gasteiger charge is 2.17. The summed E-state index contributed by atoms with van der Waals surface area (Å²) < 4.78 is 0. The number of hydrogen-bond acceptors (Lipinski definition) is 4. The molecule has 4 heteroatoms. The Balaban J connectivity index is 2.04. The van der Waals surface area contributed by atoms with Crippen molar-refractivity contribution in [1.82, 2.24) is 4.98 Å². The van der Waals surface area contributed by atoms with Gasteiger partial charge in [-0.1, -0.05) is 0 Å². The highest BCUT2D eigenvalue weighted by Crippen LogP contribution is 2.20. The van der Waals surface area contributed by atoms with Gasteiger partial charge in [0.05, 0.1) is 23.7 Å². The molecule has 0 bridgehead atoms. The van der Waals surface area contributed by atoms with Crippen LogP contribution in [0.2, 0.25) is 0 Å². The van der Waals surface area contributed by atoms with Crippen molar-refractivity contribution in [3.8, 4) is 0 Å². The van der Waals surface area contributed by atoms with Crippen LogP contribution in [0, 0.1) is 0 Å². The van der Waals surface area contributed by atoms with Crippen LogP contribution in [0.4, 0.5) is 5.69 Å². The molecule has 1 saturated heterocycles. The van der Waals surface area contributed by atoms with E-state index in [0.29, 0.717) is 0 Å². The van der Waals surface area contributed by atoms with E-state index in [0.717, 1.165) is 37.3 Å². The normalized spacial score (nSPS) is 19.8. The van der Waals surface area contributed by atoms with E-state index >= 15 is 0 Å². The number of aliphatic hydroxyl groups excluding tert-OH is 1. The molecular formula is C12H19N3O. The Morgan fingerprint density at radius 3 is 2.62 bits per heavy atom. The Morgan fingerprint density at radius 2 is 2.12 bits per heavy atom. The topological polar surface area (TPSA) is 62.4 Å². The molecule has 0 radical (unpaired) electrons. The molecule has 0 unspecified atom stereocenters. The number of pyridine rings is 1. The Kier molecular flexibility index (Phi) is 3.41. The average Bonchev–Trinajstić information content (AvgIpc) is 2.30. The fraction of sp³-hybridized carbons (Fsp3) is 0.583. The minimum Gasteiger partial charge on any atom is -0.393 e. The molecule has 2 heterocycles. The lowest BCUT2D eigenvalue weighted by Gasteiger charge is -2.31. The molecule has 88 valence electrons. The molecule has 1 aliphatic rings. The maximum absolute atomic E-state index is 9.43. The van der Waals surface area contributed by atoms with Crippen LogP contribution in [0.15, 0.2) is 18.3 Å². The molecule has 1 atom stereocenters. The second-order valence-corrected chi connectivity index (χ2v) is 4.45. The van der Waals surface area contributed by atoms with E-state index in [9.17, 15) is 5.11 Å². The number of hydrogen-bond donors (Lipinski definition) is 2. The van der Waals surface area contributed by atoms with Crippen molar-refractivity contribution in [2.75, 3.05) is 18.0 Å². The van der Waals surface area contributed by atoms with E-state index in [-0.39, 0.29) is 12.1 Å². The fourth-order valence-corrected chi connectivity index (χ4v) is 1.98. The summed E-state index contributed by atoms with van der Waals surface area (Å²) in [7, 11) is 0. The van der Waals surface area contributed by atoms with E-state index in [1.165, 1.54) is 0 Å². The zero-order valence-electron chi connectivity index (χ0n) is 9.63. The quantitative estimate of drug-likeness (QED) is 0.784. The summed E-state index contributed by atoms with van der Waals surface area (Å²) in [6.07, 6.45) is 3.42. The summed E-state index contributed by atoms with van der Waals surface area (Å²) in [5.74, 6) is 0. The first-order valence-electron chi connectivity index (χ1n) is 5.81. The molecule has 1 fully saturated rings. The van der Waals surface area contributed by atoms with Gasteiger partial charge in [0.1, 0.15) is 0 Å². The molecule has 0 saturated carbocycles. The van der Waals surface area contributed by atoms with Crippen molar-refractivity contribution < 1.29 is 5.11 Å². The molecule has 0 aromatic carbocycles. The number of anilines is 1. The molecule has 0 amide bonds. The van der Waals surface area contributed by atoms with Gasteiger partial charge < -0.3 is 15.7 Å². The third-order valence-electron chi connectivity index (χ3n) is 3.07. The van der Waals surface area contributed by atoms with Crippen molar-refractivity contribution in [3.05, 3.63) is 24.0 Å². The average molecular weight is 221 g/mol. The standard InChI is InChI=1S/C12H19N3O/c1-9(13)12-3-2-10(8-14-12)15-6-4-11(16)5-7-15/h2-3,8-9,11,16H,4-7,13H2,1H3/t9-/m1/s1. The van der Waals surface area contributed by atoms with Crippen LogP contribution in [0.5, 0.6) is 0 Å². The molecule has 4 nitrogen and oxygen atoms in total. The Morgan fingerprint density at radius 1 is 1.44 bits per heavy atom. The number of aromatic nitrogens is 1.